The van der Waals surface area contributed by atoms with Gasteiger partial charge in [0.15, 0.2) is 9.46 Å². The predicted octanol–water partition coefficient (Wildman–Crippen LogP) is 1.38. The fourth-order valence-electron chi connectivity index (χ4n) is 0.553. The van der Waals surface area contributed by atoms with Crippen LogP contribution in [0.4, 0.5) is 0 Å². The first kappa shape index (κ1) is 9.38. The van der Waals surface area contributed by atoms with Crippen LogP contribution in [0, 0.1) is 0 Å². The van der Waals surface area contributed by atoms with Gasteiger partial charge < -0.3 is 0 Å². The summed E-state index contributed by atoms with van der Waals surface area (Å²) < 4.78 is 20.9. The Kier molecular flexibility index (Phi) is 4.41. The Morgan fingerprint density at radius 2 is 1.89 bits per heavy atom. The Morgan fingerprint density at radius 3 is 2.22 bits per heavy atom. The zero-order valence-corrected chi connectivity index (χ0v) is 7.60. The second-order valence-electron chi connectivity index (χ2n) is 2.07. The molecule has 0 radical (unpaired) electrons. The summed E-state index contributed by atoms with van der Waals surface area (Å²) in [5.74, 6) is 0.311. The molecule has 0 aliphatic heterocycles. The van der Waals surface area contributed by atoms with E-state index in [1.165, 1.54) is 0 Å². The number of hydrogen-bond donors (Lipinski definition) is 0. The Balaban J connectivity index is 3.30. The second-order valence-corrected chi connectivity index (χ2v) is 5.96. The smallest absolute Gasteiger partial charge is 0.161 e. The summed E-state index contributed by atoms with van der Waals surface area (Å²) in [6.45, 7) is 2.05. The maximum absolute atomic E-state index is 10.5. The van der Waals surface area contributed by atoms with Gasteiger partial charge in [-0.25, -0.2) is 8.42 Å². The fraction of sp³-hybridized carbons (Fsp3) is 1.00. The van der Waals surface area contributed by atoms with E-state index < -0.39 is 9.46 Å². The zero-order valence-electron chi connectivity index (χ0n) is 5.63. The van der Waals surface area contributed by atoms with E-state index in [-0.39, 0.29) is 0 Å². The van der Waals surface area contributed by atoms with Gasteiger partial charge in [-0.2, -0.15) is 0 Å². The normalized spacial score (nSPS) is 11.8. The van der Waals surface area contributed by atoms with Crippen LogP contribution in [0.15, 0.2) is 0 Å². The molecular weight excluding hydrogens is 155 g/mol. The second kappa shape index (κ2) is 4.24. The molecule has 0 aliphatic rings. The van der Waals surface area contributed by atoms with E-state index in [4.69, 9.17) is 0 Å². The van der Waals surface area contributed by atoms with Crippen LogP contribution in [0.5, 0.6) is 0 Å². The SMILES string of the molecule is CCCCCS(=O)(=O)P. The van der Waals surface area contributed by atoms with E-state index in [0.717, 1.165) is 19.3 Å². The molecule has 0 rings (SSSR count). The minimum absolute atomic E-state index is 0.311. The molecular formula is C5H13O2PS. The summed E-state index contributed by atoms with van der Waals surface area (Å²) in [5.41, 5.74) is 0. The summed E-state index contributed by atoms with van der Waals surface area (Å²) in [6, 6.07) is 0. The minimum atomic E-state index is -2.78. The van der Waals surface area contributed by atoms with Gasteiger partial charge in [-0.1, -0.05) is 19.8 Å². The zero-order chi connectivity index (χ0) is 7.33. The monoisotopic (exact) mass is 168 g/mol. The molecule has 2 nitrogen and oxygen atoms in total. The Labute approximate surface area is 58.9 Å². The lowest BCUT2D eigenvalue weighted by atomic mass is 10.3. The van der Waals surface area contributed by atoms with Crippen LogP contribution in [0.25, 0.3) is 0 Å². The fourth-order valence-corrected chi connectivity index (χ4v) is 1.66. The van der Waals surface area contributed by atoms with Gasteiger partial charge in [-0.3, -0.25) is 0 Å². The van der Waals surface area contributed by atoms with Crippen LogP contribution in [0.1, 0.15) is 26.2 Å². The van der Waals surface area contributed by atoms with Gasteiger partial charge in [-0.05, 0) is 14.9 Å². The molecule has 0 aromatic carbocycles. The predicted molar refractivity (Wildman–Crippen MR) is 43.0 cm³/mol. The summed E-state index contributed by atoms with van der Waals surface area (Å²) in [7, 11) is -0.921. The Morgan fingerprint density at radius 1 is 1.33 bits per heavy atom. The molecule has 0 N–H and O–H groups in total. The molecule has 1 unspecified atom stereocenters. The van der Waals surface area contributed by atoms with Crippen molar-refractivity contribution in [3.8, 4) is 0 Å². The van der Waals surface area contributed by atoms with Crippen molar-refractivity contribution in [1.82, 2.24) is 0 Å². The van der Waals surface area contributed by atoms with Gasteiger partial charge in [0.25, 0.3) is 0 Å². The standard InChI is InChI=1S/C5H13O2PS/c1-2-3-4-5-9(6,7)8/h2-5,8H2,1H3. The average Bonchev–Trinajstić information content (AvgIpc) is 1.63. The largest absolute Gasteiger partial charge is 0.225 e. The van der Waals surface area contributed by atoms with E-state index in [2.05, 4.69) is 6.92 Å². The summed E-state index contributed by atoms with van der Waals surface area (Å²) in [6.07, 6.45) is 2.87. The lowest BCUT2D eigenvalue weighted by Crippen LogP contribution is -1.94. The third kappa shape index (κ3) is 8.38. The van der Waals surface area contributed by atoms with Gasteiger partial charge >= 0.3 is 0 Å². The molecule has 1 atom stereocenters. The molecule has 0 aromatic rings. The number of hydrogen-bond acceptors (Lipinski definition) is 2. The lowest BCUT2D eigenvalue weighted by Gasteiger charge is -1.93. The molecule has 0 fully saturated rings. The number of rotatable bonds is 4. The van der Waals surface area contributed by atoms with Crippen molar-refractivity contribution < 1.29 is 8.42 Å². The highest BCUT2D eigenvalue weighted by molar-refractivity contribution is 8.37. The highest BCUT2D eigenvalue weighted by Crippen LogP contribution is 2.05. The van der Waals surface area contributed by atoms with Crippen molar-refractivity contribution in [2.75, 3.05) is 5.75 Å². The molecule has 0 saturated heterocycles. The van der Waals surface area contributed by atoms with Crippen LogP contribution >= 0.6 is 8.44 Å². The van der Waals surface area contributed by atoms with Crippen LogP contribution in [-0.2, 0) is 9.46 Å². The van der Waals surface area contributed by atoms with Crippen molar-refractivity contribution >= 4 is 17.9 Å². The number of unbranched alkanes of at least 4 members (excludes halogenated alkanes) is 2. The Hall–Kier alpha value is 0.380. The maximum Gasteiger partial charge on any atom is 0.161 e. The van der Waals surface area contributed by atoms with E-state index in [1.807, 2.05) is 8.44 Å². The molecule has 9 heavy (non-hydrogen) atoms. The summed E-state index contributed by atoms with van der Waals surface area (Å²) >= 11 is 0. The molecule has 0 aliphatic carbocycles. The molecule has 0 heterocycles. The van der Waals surface area contributed by atoms with Crippen molar-refractivity contribution in [2.45, 2.75) is 26.2 Å². The Bertz CT molecular complexity index is 150. The van der Waals surface area contributed by atoms with Crippen molar-refractivity contribution in [3.63, 3.8) is 0 Å². The average molecular weight is 168 g/mol. The highest BCUT2D eigenvalue weighted by atomic mass is 32.7. The van der Waals surface area contributed by atoms with E-state index in [9.17, 15) is 8.42 Å². The van der Waals surface area contributed by atoms with E-state index in [1.54, 1.807) is 0 Å². The van der Waals surface area contributed by atoms with Gasteiger partial charge in [0.05, 0.1) is 5.75 Å². The van der Waals surface area contributed by atoms with Gasteiger partial charge in [-0.15, -0.1) is 0 Å². The molecule has 56 valence electrons. The highest BCUT2D eigenvalue weighted by Gasteiger charge is 1.98. The summed E-state index contributed by atoms with van der Waals surface area (Å²) in [5, 5.41) is 0. The molecule has 0 spiro atoms. The molecule has 4 heteroatoms. The van der Waals surface area contributed by atoms with Crippen molar-refractivity contribution in [2.24, 2.45) is 0 Å². The first-order chi connectivity index (χ1) is 4.06. The van der Waals surface area contributed by atoms with Gasteiger partial charge in [0.2, 0.25) is 0 Å². The van der Waals surface area contributed by atoms with Crippen LogP contribution in [0.2, 0.25) is 0 Å². The van der Waals surface area contributed by atoms with E-state index in [0.29, 0.717) is 5.75 Å². The van der Waals surface area contributed by atoms with Crippen LogP contribution in [0.3, 0.4) is 0 Å². The maximum atomic E-state index is 10.5. The van der Waals surface area contributed by atoms with Crippen molar-refractivity contribution in [3.05, 3.63) is 0 Å². The molecule has 0 amide bonds. The molecule has 0 aromatic heterocycles. The lowest BCUT2D eigenvalue weighted by molar-refractivity contribution is 0.605. The first-order valence-electron chi connectivity index (χ1n) is 3.06. The first-order valence-corrected chi connectivity index (χ1v) is 6.19. The van der Waals surface area contributed by atoms with Gasteiger partial charge in [0.1, 0.15) is 0 Å². The summed E-state index contributed by atoms with van der Waals surface area (Å²) in [4.78, 5) is 0. The van der Waals surface area contributed by atoms with Gasteiger partial charge in [0, 0.05) is 0 Å². The topological polar surface area (TPSA) is 34.1 Å². The molecule has 0 bridgehead atoms. The molecule has 0 saturated carbocycles. The van der Waals surface area contributed by atoms with Crippen LogP contribution < -0.4 is 0 Å². The van der Waals surface area contributed by atoms with E-state index >= 15 is 0 Å². The third-order valence-electron chi connectivity index (χ3n) is 1.03. The quantitative estimate of drug-likeness (QED) is 0.469. The third-order valence-corrected chi connectivity index (χ3v) is 2.60. The van der Waals surface area contributed by atoms with Crippen LogP contribution in [-0.4, -0.2) is 14.2 Å². The minimum Gasteiger partial charge on any atom is -0.225 e. The van der Waals surface area contributed by atoms with Crippen molar-refractivity contribution in [1.29, 1.82) is 0 Å².